The topological polar surface area (TPSA) is 54.0 Å². The monoisotopic (exact) mass is 357 g/mol. The average Bonchev–Trinajstić information content (AvgIpc) is 2.59. The highest BCUT2D eigenvalue weighted by molar-refractivity contribution is 6.31. The first-order chi connectivity index (χ1) is 11.6. The van der Waals surface area contributed by atoms with Crippen LogP contribution in [-0.2, 0) is 0 Å². The highest BCUT2D eigenvalue weighted by atomic mass is 35.5. The number of benzene rings is 2. The Kier molecular flexibility index (Phi) is 4.99. The van der Waals surface area contributed by atoms with Crippen molar-refractivity contribution in [3.63, 3.8) is 0 Å². The molecule has 1 heterocycles. The smallest absolute Gasteiger partial charge is 0.255 e. The van der Waals surface area contributed by atoms with Crippen LogP contribution in [0.5, 0.6) is 0 Å². The van der Waals surface area contributed by atoms with E-state index in [4.69, 9.17) is 23.2 Å². The maximum atomic E-state index is 12.1. The van der Waals surface area contributed by atoms with Gasteiger partial charge in [-0.3, -0.25) is 4.79 Å². The van der Waals surface area contributed by atoms with Gasteiger partial charge in [0.05, 0.1) is 11.9 Å². The zero-order valence-electron chi connectivity index (χ0n) is 12.5. The average molecular weight is 358 g/mol. The molecule has 1 aromatic heterocycles. The van der Waals surface area contributed by atoms with Crippen molar-refractivity contribution in [1.82, 2.24) is 4.98 Å². The largest absolute Gasteiger partial charge is 0.340 e. The van der Waals surface area contributed by atoms with Crippen molar-refractivity contribution < 1.29 is 4.79 Å². The van der Waals surface area contributed by atoms with Crippen LogP contribution in [-0.4, -0.2) is 10.9 Å². The number of carbonyl (C=O) groups excluding carboxylic acids is 1. The number of hydrogen-bond donors (Lipinski definition) is 2. The van der Waals surface area contributed by atoms with E-state index in [0.717, 1.165) is 5.69 Å². The fourth-order valence-corrected chi connectivity index (χ4v) is 2.37. The lowest BCUT2D eigenvalue weighted by molar-refractivity contribution is 0.102. The predicted octanol–water partition coefficient (Wildman–Crippen LogP) is 5.38. The Hall–Kier alpha value is -2.56. The van der Waals surface area contributed by atoms with Crippen LogP contribution in [0.3, 0.4) is 0 Å². The number of halogens is 2. The van der Waals surface area contributed by atoms with Gasteiger partial charge in [-0.2, -0.15) is 0 Å². The minimum atomic E-state index is -0.238. The highest BCUT2D eigenvalue weighted by Crippen LogP contribution is 2.19. The summed E-state index contributed by atoms with van der Waals surface area (Å²) in [7, 11) is 0. The molecule has 2 aromatic carbocycles. The van der Waals surface area contributed by atoms with E-state index >= 15 is 0 Å². The standard InChI is InChI=1S/C18H13Cl2N3O/c19-13-4-6-15(7-5-13)22-17-9-8-16(11-21-17)23-18(24)12-2-1-3-14(20)10-12/h1-11H,(H,21,22)(H,23,24). The molecule has 24 heavy (non-hydrogen) atoms. The molecular formula is C18H13Cl2N3O. The maximum absolute atomic E-state index is 12.1. The summed E-state index contributed by atoms with van der Waals surface area (Å²) in [6.07, 6.45) is 1.58. The van der Waals surface area contributed by atoms with Gasteiger partial charge in [0.15, 0.2) is 0 Å². The Morgan fingerprint density at radius 3 is 2.29 bits per heavy atom. The van der Waals surface area contributed by atoms with Crippen molar-refractivity contribution in [3.8, 4) is 0 Å². The van der Waals surface area contributed by atoms with Gasteiger partial charge >= 0.3 is 0 Å². The van der Waals surface area contributed by atoms with Crippen LogP contribution >= 0.6 is 23.2 Å². The molecule has 0 saturated carbocycles. The molecule has 0 aliphatic carbocycles. The van der Waals surface area contributed by atoms with Crippen LogP contribution in [0, 0.1) is 0 Å². The first-order valence-corrected chi connectivity index (χ1v) is 7.91. The Morgan fingerprint density at radius 1 is 0.875 bits per heavy atom. The van der Waals surface area contributed by atoms with E-state index in [9.17, 15) is 4.79 Å². The summed E-state index contributed by atoms with van der Waals surface area (Å²) >= 11 is 11.7. The van der Waals surface area contributed by atoms with Gasteiger partial charge in [-0.25, -0.2) is 4.98 Å². The van der Waals surface area contributed by atoms with Crippen LogP contribution in [0.1, 0.15) is 10.4 Å². The lowest BCUT2D eigenvalue weighted by atomic mass is 10.2. The Morgan fingerprint density at radius 2 is 1.62 bits per heavy atom. The van der Waals surface area contributed by atoms with Gasteiger partial charge in [0.2, 0.25) is 0 Å². The Balaban J connectivity index is 1.66. The molecule has 0 aliphatic rings. The Labute approximate surface area is 149 Å². The van der Waals surface area contributed by atoms with Crippen LogP contribution in [0.2, 0.25) is 10.0 Å². The van der Waals surface area contributed by atoms with Crippen LogP contribution < -0.4 is 10.6 Å². The molecule has 0 bridgehead atoms. The first-order valence-electron chi connectivity index (χ1n) is 7.16. The molecule has 4 nitrogen and oxygen atoms in total. The molecule has 6 heteroatoms. The third-order valence-electron chi connectivity index (χ3n) is 3.22. The second-order valence-corrected chi connectivity index (χ2v) is 5.90. The zero-order chi connectivity index (χ0) is 16.9. The van der Waals surface area contributed by atoms with E-state index in [1.807, 2.05) is 12.1 Å². The molecule has 3 rings (SSSR count). The van der Waals surface area contributed by atoms with Crippen molar-refractivity contribution in [2.75, 3.05) is 10.6 Å². The molecular weight excluding hydrogens is 345 g/mol. The SMILES string of the molecule is O=C(Nc1ccc(Nc2ccc(Cl)cc2)nc1)c1cccc(Cl)c1. The minimum absolute atomic E-state index is 0.238. The number of hydrogen-bond acceptors (Lipinski definition) is 3. The van der Waals surface area contributed by atoms with Crippen molar-refractivity contribution in [1.29, 1.82) is 0 Å². The normalized spacial score (nSPS) is 10.2. The van der Waals surface area contributed by atoms with Gasteiger partial charge < -0.3 is 10.6 Å². The maximum Gasteiger partial charge on any atom is 0.255 e. The molecule has 120 valence electrons. The summed E-state index contributed by atoms with van der Waals surface area (Å²) in [6.45, 7) is 0. The summed E-state index contributed by atoms with van der Waals surface area (Å²) < 4.78 is 0. The predicted molar refractivity (Wildman–Crippen MR) is 98.4 cm³/mol. The zero-order valence-corrected chi connectivity index (χ0v) is 14.0. The number of rotatable bonds is 4. The van der Waals surface area contributed by atoms with Gasteiger partial charge in [-0.15, -0.1) is 0 Å². The summed E-state index contributed by atoms with van der Waals surface area (Å²) in [5.74, 6) is 0.427. The van der Waals surface area contributed by atoms with E-state index in [2.05, 4.69) is 15.6 Å². The summed E-state index contributed by atoms with van der Waals surface area (Å²) in [5.41, 5.74) is 1.97. The van der Waals surface area contributed by atoms with Gasteiger partial charge in [0.25, 0.3) is 5.91 Å². The van der Waals surface area contributed by atoms with Crippen LogP contribution in [0.25, 0.3) is 0 Å². The summed E-state index contributed by atoms with van der Waals surface area (Å²) in [6, 6.07) is 17.6. The first kappa shape index (κ1) is 16.3. The number of carbonyl (C=O) groups is 1. The molecule has 0 atom stereocenters. The molecule has 0 radical (unpaired) electrons. The third-order valence-corrected chi connectivity index (χ3v) is 3.71. The minimum Gasteiger partial charge on any atom is -0.340 e. The molecule has 2 N–H and O–H groups in total. The van der Waals surface area contributed by atoms with E-state index in [1.54, 1.807) is 54.7 Å². The van der Waals surface area contributed by atoms with Gasteiger partial charge in [0, 0.05) is 21.3 Å². The number of nitrogens with one attached hydrogen (secondary N) is 2. The molecule has 0 spiro atoms. The van der Waals surface area contributed by atoms with Crippen molar-refractivity contribution in [3.05, 3.63) is 82.5 Å². The quantitative estimate of drug-likeness (QED) is 0.658. The van der Waals surface area contributed by atoms with Crippen LogP contribution in [0.4, 0.5) is 17.2 Å². The highest BCUT2D eigenvalue weighted by Gasteiger charge is 2.07. The second-order valence-electron chi connectivity index (χ2n) is 5.03. The summed E-state index contributed by atoms with van der Waals surface area (Å²) in [5, 5.41) is 7.12. The molecule has 1 amide bonds. The van der Waals surface area contributed by atoms with Crippen LogP contribution in [0.15, 0.2) is 66.9 Å². The number of anilines is 3. The lowest BCUT2D eigenvalue weighted by Crippen LogP contribution is -2.12. The van der Waals surface area contributed by atoms with Gasteiger partial charge in [-0.05, 0) is 54.6 Å². The van der Waals surface area contributed by atoms with Gasteiger partial charge in [-0.1, -0.05) is 29.3 Å². The number of nitrogens with zero attached hydrogens (tertiary/aromatic N) is 1. The molecule has 3 aromatic rings. The van der Waals surface area contributed by atoms with E-state index in [-0.39, 0.29) is 5.91 Å². The number of aromatic nitrogens is 1. The lowest BCUT2D eigenvalue weighted by Gasteiger charge is -2.08. The van der Waals surface area contributed by atoms with Crippen molar-refractivity contribution in [2.45, 2.75) is 0 Å². The number of amides is 1. The molecule has 0 aliphatic heterocycles. The number of pyridine rings is 1. The fourth-order valence-electron chi connectivity index (χ4n) is 2.06. The van der Waals surface area contributed by atoms with E-state index in [1.165, 1.54) is 0 Å². The molecule has 0 fully saturated rings. The fraction of sp³-hybridized carbons (Fsp3) is 0. The Bertz CT molecular complexity index is 849. The second kappa shape index (κ2) is 7.34. The van der Waals surface area contributed by atoms with Gasteiger partial charge in [0.1, 0.15) is 5.82 Å². The third kappa shape index (κ3) is 4.25. The van der Waals surface area contributed by atoms with Crippen molar-refractivity contribution in [2.24, 2.45) is 0 Å². The molecule has 0 saturated heterocycles. The van der Waals surface area contributed by atoms with E-state index < -0.39 is 0 Å². The van der Waals surface area contributed by atoms with E-state index in [0.29, 0.717) is 27.1 Å². The molecule has 0 unspecified atom stereocenters. The summed E-state index contributed by atoms with van der Waals surface area (Å²) in [4.78, 5) is 16.4. The van der Waals surface area contributed by atoms with Crippen molar-refractivity contribution >= 4 is 46.3 Å².